The highest BCUT2D eigenvalue weighted by Crippen LogP contribution is 2.31. The number of para-hydroxylation sites is 2. The zero-order valence-electron chi connectivity index (χ0n) is 14.7. The van der Waals surface area contributed by atoms with Gasteiger partial charge in [-0.2, -0.15) is 0 Å². The second-order valence-electron chi connectivity index (χ2n) is 6.98. The number of benzene rings is 1. The normalized spacial score (nSPS) is 21.7. The van der Waals surface area contributed by atoms with Gasteiger partial charge in [-0.05, 0) is 51.9 Å². The second-order valence-corrected chi connectivity index (χ2v) is 6.98. The molecule has 0 aromatic heterocycles. The number of carbonyl (C=O) groups excluding carboxylic acids is 1. The molecular weight excluding hydrogens is 304 g/mol. The zero-order valence-corrected chi connectivity index (χ0v) is 14.7. The van der Waals surface area contributed by atoms with E-state index in [1.165, 1.54) is 0 Å². The lowest BCUT2D eigenvalue weighted by molar-refractivity contribution is -0.126. The minimum atomic E-state index is 0.00277. The molecule has 0 radical (unpaired) electrons. The van der Waals surface area contributed by atoms with E-state index in [-0.39, 0.29) is 17.9 Å². The monoisotopic (exact) mass is 332 g/mol. The molecule has 1 saturated heterocycles. The highest BCUT2D eigenvalue weighted by atomic mass is 16.6. The maximum absolute atomic E-state index is 12.3. The molecular formula is C19H28N2O3. The topological polar surface area (TPSA) is 50.8 Å². The number of piperidine rings is 1. The van der Waals surface area contributed by atoms with Crippen molar-refractivity contribution >= 4 is 5.91 Å². The Balaban J connectivity index is 1.37. The van der Waals surface area contributed by atoms with Crippen LogP contribution < -0.4 is 14.8 Å². The standard InChI is InChI=1S/C19H28N2O3/c1-14(2)21-11-8-15(9-12-21)19(22)20-10-7-16-13-23-17-5-3-4-6-18(17)24-16/h3-6,14-16H,7-13H2,1-2H3,(H,20,22). The molecule has 0 bridgehead atoms. The summed E-state index contributed by atoms with van der Waals surface area (Å²) in [7, 11) is 0. The van der Waals surface area contributed by atoms with Gasteiger partial charge in [0.05, 0.1) is 0 Å². The number of nitrogens with zero attached hydrogens (tertiary/aromatic N) is 1. The van der Waals surface area contributed by atoms with Gasteiger partial charge < -0.3 is 19.7 Å². The Morgan fingerprint density at radius 1 is 1.25 bits per heavy atom. The van der Waals surface area contributed by atoms with Crippen LogP contribution >= 0.6 is 0 Å². The first-order valence-corrected chi connectivity index (χ1v) is 9.03. The lowest BCUT2D eigenvalue weighted by Gasteiger charge is -2.34. The van der Waals surface area contributed by atoms with Gasteiger partial charge in [0.15, 0.2) is 11.5 Å². The molecule has 24 heavy (non-hydrogen) atoms. The molecule has 1 fully saturated rings. The van der Waals surface area contributed by atoms with E-state index in [2.05, 4.69) is 24.1 Å². The molecule has 3 rings (SSSR count). The van der Waals surface area contributed by atoms with Crippen LogP contribution in [0.2, 0.25) is 0 Å². The van der Waals surface area contributed by atoms with Gasteiger partial charge in [-0.25, -0.2) is 0 Å². The highest BCUT2D eigenvalue weighted by molar-refractivity contribution is 5.78. The Kier molecular flexibility index (Phi) is 5.61. The number of fused-ring (bicyclic) bond motifs is 1. The summed E-state index contributed by atoms with van der Waals surface area (Å²) in [6.45, 7) is 7.65. The maximum atomic E-state index is 12.3. The molecule has 132 valence electrons. The molecule has 1 unspecified atom stereocenters. The van der Waals surface area contributed by atoms with Crippen LogP contribution in [0, 0.1) is 5.92 Å². The highest BCUT2D eigenvalue weighted by Gasteiger charge is 2.26. The maximum Gasteiger partial charge on any atom is 0.223 e. The molecule has 0 spiro atoms. The number of hydrogen-bond donors (Lipinski definition) is 1. The summed E-state index contributed by atoms with van der Waals surface area (Å²) < 4.78 is 11.6. The Bertz CT molecular complexity index is 553. The summed E-state index contributed by atoms with van der Waals surface area (Å²) in [5.74, 6) is 1.94. The summed E-state index contributed by atoms with van der Waals surface area (Å²) >= 11 is 0. The lowest BCUT2D eigenvalue weighted by atomic mass is 9.95. The van der Waals surface area contributed by atoms with Crippen LogP contribution in [0.4, 0.5) is 0 Å². The van der Waals surface area contributed by atoms with Crippen LogP contribution in [0.25, 0.3) is 0 Å². The Morgan fingerprint density at radius 3 is 2.67 bits per heavy atom. The van der Waals surface area contributed by atoms with Crippen molar-refractivity contribution in [3.63, 3.8) is 0 Å². The van der Waals surface area contributed by atoms with E-state index in [4.69, 9.17) is 9.47 Å². The number of likely N-dealkylation sites (tertiary alicyclic amines) is 1. The lowest BCUT2D eigenvalue weighted by Crippen LogP contribution is -2.43. The van der Waals surface area contributed by atoms with Crippen molar-refractivity contribution in [2.24, 2.45) is 5.92 Å². The van der Waals surface area contributed by atoms with E-state index in [0.717, 1.165) is 43.9 Å². The first-order valence-electron chi connectivity index (χ1n) is 9.03. The summed E-state index contributed by atoms with van der Waals surface area (Å²) in [6.07, 6.45) is 2.69. The van der Waals surface area contributed by atoms with E-state index in [9.17, 15) is 4.79 Å². The van der Waals surface area contributed by atoms with E-state index < -0.39 is 0 Å². The van der Waals surface area contributed by atoms with E-state index in [1.807, 2.05) is 24.3 Å². The van der Waals surface area contributed by atoms with Crippen molar-refractivity contribution in [3.05, 3.63) is 24.3 Å². The molecule has 1 amide bonds. The molecule has 2 aliphatic rings. The summed E-state index contributed by atoms with van der Waals surface area (Å²) in [5.41, 5.74) is 0. The number of rotatable bonds is 5. The average molecular weight is 332 g/mol. The number of ether oxygens (including phenoxy) is 2. The van der Waals surface area contributed by atoms with Gasteiger partial charge in [0.25, 0.3) is 0 Å². The van der Waals surface area contributed by atoms with E-state index in [1.54, 1.807) is 0 Å². The number of nitrogens with one attached hydrogen (secondary N) is 1. The molecule has 2 heterocycles. The summed E-state index contributed by atoms with van der Waals surface area (Å²) in [4.78, 5) is 14.8. The van der Waals surface area contributed by atoms with Crippen molar-refractivity contribution in [1.82, 2.24) is 10.2 Å². The molecule has 1 atom stereocenters. The van der Waals surface area contributed by atoms with Gasteiger partial charge in [-0.1, -0.05) is 12.1 Å². The minimum Gasteiger partial charge on any atom is -0.486 e. The molecule has 0 saturated carbocycles. The van der Waals surface area contributed by atoms with Gasteiger partial charge >= 0.3 is 0 Å². The largest absolute Gasteiger partial charge is 0.486 e. The van der Waals surface area contributed by atoms with Crippen LogP contribution in [-0.2, 0) is 4.79 Å². The van der Waals surface area contributed by atoms with Crippen molar-refractivity contribution in [3.8, 4) is 11.5 Å². The molecule has 1 aromatic carbocycles. The molecule has 1 N–H and O–H groups in total. The fraction of sp³-hybridized carbons (Fsp3) is 0.632. The Hall–Kier alpha value is -1.75. The predicted molar refractivity (Wildman–Crippen MR) is 93.4 cm³/mol. The van der Waals surface area contributed by atoms with Crippen molar-refractivity contribution in [2.45, 2.75) is 45.3 Å². The van der Waals surface area contributed by atoms with Gasteiger partial charge in [0.1, 0.15) is 12.7 Å². The third kappa shape index (κ3) is 4.20. The summed E-state index contributed by atoms with van der Waals surface area (Å²) in [6, 6.07) is 8.28. The third-order valence-electron chi connectivity index (χ3n) is 4.96. The molecule has 2 aliphatic heterocycles. The fourth-order valence-electron chi connectivity index (χ4n) is 3.38. The number of carbonyl (C=O) groups is 1. The number of hydrogen-bond acceptors (Lipinski definition) is 4. The Labute approximate surface area is 144 Å². The van der Waals surface area contributed by atoms with Gasteiger partial charge in [-0.15, -0.1) is 0 Å². The zero-order chi connectivity index (χ0) is 16.9. The molecule has 5 heteroatoms. The molecule has 5 nitrogen and oxygen atoms in total. The van der Waals surface area contributed by atoms with Crippen LogP contribution in [0.5, 0.6) is 11.5 Å². The quantitative estimate of drug-likeness (QED) is 0.900. The average Bonchev–Trinajstić information content (AvgIpc) is 2.61. The summed E-state index contributed by atoms with van der Waals surface area (Å²) in [5, 5.41) is 3.07. The van der Waals surface area contributed by atoms with Crippen molar-refractivity contribution in [2.75, 3.05) is 26.2 Å². The predicted octanol–water partition coefficient (Wildman–Crippen LogP) is 2.45. The van der Waals surface area contributed by atoms with Gasteiger partial charge in [0, 0.05) is 24.9 Å². The molecule has 1 aromatic rings. The Morgan fingerprint density at radius 2 is 1.96 bits per heavy atom. The third-order valence-corrected chi connectivity index (χ3v) is 4.96. The first-order chi connectivity index (χ1) is 11.6. The van der Waals surface area contributed by atoms with Crippen LogP contribution in [0.3, 0.4) is 0 Å². The van der Waals surface area contributed by atoms with E-state index >= 15 is 0 Å². The van der Waals surface area contributed by atoms with Crippen LogP contribution in [-0.4, -0.2) is 49.2 Å². The van der Waals surface area contributed by atoms with Crippen molar-refractivity contribution < 1.29 is 14.3 Å². The van der Waals surface area contributed by atoms with Crippen LogP contribution in [0.1, 0.15) is 33.1 Å². The van der Waals surface area contributed by atoms with Crippen LogP contribution in [0.15, 0.2) is 24.3 Å². The van der Waals surface area contributed by atoms with Gasteiger partial charge in [0.2, 0.25) is 5.91 Å². The fourth-order valence-corrected chi connectivity index (χ4v) is 3.38. The van der Waals surface area contributed by atoms with Crippen molar-refractivity contribution in [1.29, 1.82) is 0 Å². The van der Waals surface area contributed by atoms with E-state index in [0.29, 0.717) is 19.2 Å². The molecule has 0 aliphatic carbocycles. The van der Waals surface area contributed by atoms with Gasteiger partial charge in [-0.3, -0.25) is 4.79 Å². The smallest absolute Gasteiger partial charge is 0.223 e. The first kappa shape index (κ1) is 17.1. The SMILES string of the molecule is CC(C)N1CCC(C(=O)NCCC2COc3ccccc3O2)CC1. The number of amides is 1. The minimum absolute atomic E-state index is 0.00277. The second kappa shape index (κ2) is 7.88.